The van der Waals surface area contributed by atoms with Crippen LogP contribution in [0.3, 0.4) is 0 Å². The molecule has 0 spiro atoms. The third-order valence-corrected chi connectivity index (χ3v) is 2.92. The maximum absolute atomic E-state index is 10.4. The van der Waals surface area contributed by atoms with Crippen molar-refractivity contribution in [3.05, 3.63) is 11.2 Å². The van der Waals surface area contributed by atoms with Gasteiger partial charge < -0.3 is 9.64 Å². The molecule has 4 nitrogen and oxygen atoms in total. The molecule has 70 valence electrons. The van der Waals surface area contributed by atoms with Crippen molar-refractivity contribution in [2.24, 2.45) is 0 Å². The Morgan fingerprint density at radius 2 is 2.31 bits per heavy atom. The van der Waals surface area contributed by atoms with Crippen LogP contribution in [0, 0.1) is 0 Å². The van der Waals surface area contributed by atoms with Gasteiger partial charge in [-0.25, -0.2) is 4.98 Å². The van der Waals surface area contributed by atoms with Gasteiger partial charge in [-0.2, -0.15) is 0 Å². The highest BCUT2D eigenvalue weighted by Crippen LogP contribution is 2.22. The van der Waals surface area contributed by atoms with Crippen molar-refractivity contribution in [3.8, 4) is 0 Å². The Balaban J connectivity index is 2.09. The van der Waals surface area contributed by atoms with Gasteiger partial charge in [-0.1, -0.05) is 11.3 Å². The van der Waals surface area contributed by atoms with Crippen molar-refractivity contribution >= 4 is 22.6 Å². The van der Waals surface area contributed by atoms with E-state index in [9.17, 15) is 4.79 Å². The van der Waals surface area contributed by atoms with Gasteiger partial charge in [0.25, 0.3) is 0 Å². The number of ether oxygens (including phenoxy) is 1. The Morgan fingerprint density at radius 3 is 2.92 bits per heavy atom. The van der Waals surface area contributed by atoms with Crippen LogP contribution in [0.4, 0.5) is 5.00 Å². The molecule has 0 amide bonds. The summed E-state index contributed by atoms with van der Waals surface area (Å²) in [4.78, 5) is 16.6. The molecule has 0 unspecified atom stereocenters. The topological polar surface area (TPSA) is 42.4 Å². The number of thiazole rings is 1. The Kier molecular flexibility index (Phi) is 2.56. The van der Waals surface area contributed by atoms with Crippen LogP contribution < -0.4 is 4.90 Å². The second-order valence-electron chi connectivity index (χ2n) is 2.75. The lowest BCUT2D eigenvalue weighted by Crippen LogP contribution is -2.35. The minimum atomic E-state index is 0.543. The Labute approximate surface area is 80.1 Å². The van der Waals surface area contributed by atoms with Gasteiger partial charge in [-0.05, 0) is 0 Å². The number of hydrogen-bond acceptors (Lipinski definition) is 5. The Bertz CT molecular complexity index is 294. The predicted molar refractivity (Wildman–Crippen MR) is 50.5 cm³/mol. The molecule has 5 heteroatoms. The highest BCUT2D eigenvalue weighted by Gasteiger charge is 2.13. The van der Waals surface area contributed by atoms with Crippen LogP contribution in [0.15, 0.2) is 6.20 Å². The second-order valence-corrected chi connectivity index (χ2v) is 3.79. The van der Waals surface area contributed by atoms with Crippen molar-refractivity contribution in [2.45, 2.75) is 0 Å². The molecule has 0 N–H and O–H groups in total. The van der Waals surface area contributed by atoms with E-state index in [1.165, 1.54) is 11.3 Å². The van der Waals surface area contributed by atoms with E-state index in [1.54, 1.807) is 6.20 Å². The standard InChI is InChI=1S/C8H10N2O2S/c11-6-7-9-5-8(13-7)10-1-3-12-4-2-10/h5-6H,1-4H2. The largest absolute Gasteiger partial charge is 0.378 e. The van der Waals surface area contributed by atoms with Crippen molar-refractivity contribution in [1.29, 1.82) is 0 Å². The average Bonchev–Trinajstić information content (AvgIpc) is 2.67. The first kappa shape index (κ1) is 8.65. The number of carbonyl (C=O) groups excluding carboxylic acids is 1. The van der Waals surface area contributed by atoms with Gasteiger partial charge in [0.05, 0.1) is 19.4 Å². The van der Waals surface area contributed by atoms with Gasteiger partial charge in [0.1, 0.15) is 5.00 Å². The number of carbonyl (C=O) groups is 1. The van der Waals surface area contributed by atoms with Gasteiger partial charge in [0.2, 0.25) is 0 Å². The fourth-order valence-corrected chi connectivity index (χ4v) is 2.05. The van der Waals surface area contributed by atoms with E-state index in [0.717, 1.165) is 37.6 Å². The second kappa shape index (κ2) is 3.85. The van der Waals surface area contributed by atoms with Crippen molar-refractivity contribution < 1.29 is 9.53 Å². The zero-order chi connectivity index (χ0) is 9.10. The molecule has 0 aromatic carbocycles. The molecule has 0 atom stereocenters. The van der Waals surface area contributed by atoms with Crippen molar-refractivity contribution in [3.63, 3.8) is 0 Å². The maximum Gasteiger partial charge on any atom is 0.178 e. The number of anilines is 1. The molecule has 1 saturated heterocycles. The molecule has 2 heterocycles. The number of nitrogens with zero attached hydrogens (tertiary/aromatic N) is 2. The van der Waals surface area contributed by atoms with Crippen LogP contribution in [0.1, 0.15) is 9.80 Å². The highest BCUT2D eigenvalue weighted by atomic mass is 32.1. The summed E-state index contributed by atoms with van der Waals surface area (Å²) in [5.41, 5.74) is 0. The number of hydrogen-bond donors (Lipinski definition) is 0. The predicted octanol–water partition coefficient (Wildman–Crippen LogP) is 0.792. The molecule has 0 aliphatic carbocycles. The van der Waals surface area contributed by atoms with Gasteiger partial charge in [-0.15, -0.1) is 0 Å². The normalized spacial score (nSPS) is 17.4. The van der Waals surface area contributed by atoms with E-state index >= 15 is 0 Å². The first-order valence-corrected chi connectivity index (χ1v) is 4.95. The molecular formula is C8H10N2O2S. The summed E-state index contributed by atoms with van der Waals surface area (Å²) in [5, 5.41) is 1.60. The summed E-state index contributed by atoms with van der Waals surface area (Å²) in [6.45, 7) is 3.30. The lowest BCUT2D eigenvalue weighted by atomic mass is 10.4. The van der Waals surface area contributed by atoms with E-state index in [-0.39, 0.29) is 0 Å². The van der Waals surface area contributed by atoms with Crippen LogP contribution in [-0.4, -0.2) is 37.6 Å². The molecule has 1 aliphatic rings. The first-order valence-electron chi connectivity index (χ1n) is 4.14. The molecule has 0 saturated carbocycles. The number of morpholine rings is 1. The smallest absolute Gasteiger partial charge is 0.178 e. The molecule has 1 aromatic heterocycles. The molecule has 1 fully saturated rings. The van der Waals surface area contributed by atoms with Gasteiger partial charge in [0, 0.05) is 13.1 Å². The summed E-state index contributed by atoms with van der Waals surface area (Å²) in [7, 11) is 0. The quantitative estimate of drug-likeness (QED) is 0.659. The molecule has 2 rings (SSSR count). The van der Waals surface area contributed by atoms with Crippen LogP contribution >= 0.6 is 11.3 Å². The van der Waals surface area contributed by atoms with E-state index in [1.807, 2.05) is 0 Å². The zero-order valence-electron chi connectivity index (χ0n) is 7.10. The SMILES string of the molecule is O=Cc1ncc(N2CCOCC2)s1. The van der Waals surface area contributed by atoms with Crippen molar-refractivity contribution in [1.82, 2.24) is 4.98 Å². The molecule has 1 aliphatic heterocycles. The highest BCUT2D eigenvalue weighted by molar-refractivity contribution is 7.17. The van der Waals surface area contributed by atoms with Crippen molar-refractivity contribution in [2.75, 3.05) is 31.2 Å². The lowest BCUT2D eigenvalue weighted by Gasteiger charge is -2.26. The first-order chi connectivity index (χ1) is 6.40. The third kappa shape index (κ3) is 1.87. The number of rotatable bonds is 2. The van der Waals surface area contributed by atoms with E-state index in [0.29, 0.717) is 5.01 Å². The zero-order valence-corrected chi connectivity index (χ0v) is 7.92. The molecule has 0 radical (unpaired) electrons. The fraction of sp³-hybridized carbons (Fsp3) is 0.500. The lowest BCUT2D eigenvalue weighted by molar-refractivity contribution is 0.112. The monoisotopic (exact) mass is 198 g/mol. The average molecular weight is 198 g/mol. The Hall–Kier alpha value is -0.940. The summed E-state index contributed by atoms with van der Waals surface area (Å²) in [6, 6.07) is 0. The minimum absolute atomic E-state index is 0.543. The number of aromatic nitrogens is 1. The van der Waals surface area contributed by atoms with Gasteiger partial charge >= 0.3 is 0 Å². The summed E-state index contributed by atoms with van der Waals surface area (Å²) >= 11 is 1.43. The summed E-state index contributed by atoms with van der Waals surface area (Å²) < 4.78 is 5.23. The molecule has 13 heavy (non-hydrogen) atoms. The van der Waals surface area contributed by atoms with Crippen LogP contribution in [-0.2, 0) is 4.74 Å². The van der Waals surface area contributed by atoms with Crippen LogP contribution in [0.5, 0.6) is 0 Å². The maximum atomic E-state index is 10.4. The molecule has 0 bridgehead atoms. The van der Waals surface area contributed by atoms with Gasteiger partial charge in [0.15, 0.2) is 11.3 Å². The Morgan fingerprint density at radius 1 is 1.54 bits per heavy atom. The minimum Gasteiger partial charge on any atom is -0.378 e. The number of aldehydes is 1. The molecular weight excluding hydrogens is 188 g/mol. The third-order valence-electron chi connectivity index (χ3n) is 1.93. The summed E-state index contributed by atoms with van der Waals surface area (Å²) in [6.07, 6.45) is 2.54. The van der Waals surface area contributed by atoms with E-state index in [4.69, 9.17) is 4.74 Å². The van der Waals surface area contributed by atoms with E-state index < -0.39 is 0 Å². The summed E-state index contributed by atoms with van der Waals surface area (Å²) in [5.74, 6) is 0. The van der Waals surface area contributed by atoms with Crippen LogP contribution in [0.2, 0.25) is 0 Å². The molecule has 1 aromatic rings. The van der Waals surface area contributed by atoms with Gasteiger partial charge in [-0.3, -0.25) is 4.79 Å². The van der Waals surface area contributed by atoms with E-state index in [2.05, 4.69) is 9.88 Å². The van der Waals surface area contributed by atoms with Crippen LogP contribution in [0.25, 0.3) is 0 Å². The fourth-order valence-electron chi connectivity index (χ4n) is 1.26.